The summed E-state index contributed by atoms with van der Waals surface area (Å²) in [7, 11) is 0. The quantitative estimate of drug-likeness (QED) is 0.392. The highest BCUT2D eigenvalue weighted by Gasteiger charge is 2.20. The van der Waals surface area contributed by atoms with E-state index in [4.69, 9.17) is 4.74 Å². The van der Waals surface area contributed by atoms with E-state index in [1.165, 1.54) is 0 Å². The summed E-state index contributed by atoms with van der Waals surface area (Å²) in [6.07, 6.45) is 0. The van der Waals surface area contributed by atoms with Crippen molar-refractivity contribution < 1.29 is 9.53 Å². The second-order valence-electron chi connectivity index (χ2n) is 2.08. The number of esters is 1. The van der Waals surface area contributed by atoms with Crippen molar-refractivity contribution in [2.75, 3.05) is 26.2 Å². The van der Waals surface area contributed by atoms with Gasteiger partial charge in [-0.05, 0) is 6.92 Å². The van der Waals surface area contributed by atoms with E-state index >= 15 is 0 Å². The van der Waals surface area contributed by atoms with Gasteiger partial charge in [0.2, 0.25) is 0 Å². The standard InChI is InChI=1S/C6H11NO2/c1-2-9-6(8)5-7-3-4-7/h2-5H2,1H3. The molecule has 3 nitrogen and oxygen atoms in total. The van der Waals surface area contributed by atoms with Crippen molar-refractivity contribution in [2.45, 2.75) is 6.92 Å². The fourth-order valence-corrected chi connectivity index (χ4v) is 0.618. The number of rotatable bonds is 3. The summed E-state index contributed by atoms with van der Waals surface area (Å²) in [5.41, 5.74) is 0. The smallest absolute Gasteiger partial charge is 0.320 e. The number of hydrogen-bond donors (Lipinski definition) is 0. The highest BCUT2D eigenvalue weighted by molar-refractivity contribution is 5.71. The zero-order valence-corrected chi connectivity index (χ0v) is 5.59. The summed E-state index contributed by atoms with van der Waals surface area (Å²) in [6.45, 7) is 4.90. The molecule has 1 heterocycles. The van der Waals surface area contributed by atoms with Crippen LogP contribution in [-0.2, 0) is 9.53 Å². The first-order valence-electron chi connectivity index (χ1n) is 3.21. The Morgan fingerprint density at radius 2 is 2.33 bits per heavy atom. The predicted molar refractivity (Wildman–Crippen MR) is 33.1 cm³/mol. The van der Waals surface area contributed by atoms with Gasteiger partial charge in [-0.15, -0.1) is 0 Å². The minimum Gasteiger partial charge on any atom is -0.465 e. The molecule has 1 rings (SSSR count). The number of carbonyl (C=O) groups excluding carboxylic acids is 1. The lowest BCUT2D eigenvalue weighted by Gasteiger charge is -1.99. The van der Waals surface area contributed by atoms with Gasteiger partial charge >= 0.3 is 5.97 Å². The van der Waals surface area contributed by atoms with Crippen molar-refractivity contribution in [2.24, 2.45) is 0 Å². The molecule has 52 valence electrons. The number of carbonyl (C=O) groups is 1. The molecule has 1 aliphatic rings. The van der Waals surface area contributed by atoms with Crippen molar-refractivity contribution in [3.8, 4) is 0 Å². The van der Waals surface area contributed by atoms with E-state index in [1.807, 2.05) is 11.8 Å². The van der Waals surface area contributed by atoms with Gasteiger partial charge in [0, 0.05) is 13.1 Å². The van der Waals surface area contributed by atoms with E-state index in [1.54, 1.807) is 0 Å². The Bertz CT molecular complexity index is 110. The average molecular weight is 129 g/mol. The molecular formula is C6H11NO2. The van der Waals surface area contributed by atoms with Gasteiger partial charge in [-0.25, -0.2) is 0 Å². The van der Waals surface area contributed by atoms with E-state index in [0.717, 1.165) is 13.1 Å². The molecule has 0 aromatic carbocycles. The lowest BCUT2D eigenvalue weighted by Crippen LogP contribution is -2.15. The van der Waals surface area contributed by atoms with Crippen LogP contribution in [-0.4, -0.2) is 37.1 Å². The largest absolute Gasteiger partial charge is 0.465 e. The van der Waals surface area contributed by atoms with Crippen molar-refractivity contribution in [3.63, 3.8) is 0 Å². The monoisotopic (exact) mass is 129 g/mol. The molecule has 1 saturated heterocycles. The van der Waals surface area contributed by atoms with Crippen LogP contribution in [0.2, 0.25) is 0 Å². The van der Waals surface area contributed by atoms with Gasteiger partial charge < -0.3 is 4.74 Å². The van der Waals surface area contributed by atoms with Crippen LogP contribution < -0.4 is 0 Å². The molecule has 0 radical (unpaired) electrons. The topological polar surface area (TPSA) is 29.3 Å². The van der Waals surface area contributed by atoms with Crippen LogP contribution in [0.25, 0.3) is 0 Å². The Labute approximate surface area is 54.6 Å². The highest BCUT2D eigenvalue weighted by atomic mass is 16.5. The summed E-state index contributed by atoms with van der Waals surface area (Å²) in [6, 6.07) is 0. The highest BCUT2D eigenvalue weighted by Crippen LogP contribution is 2.01. The summed E-state index contributed by atoms with van der Waals surface area (Å²) >= 11 is 0. The van der Waals surface area contributed by atoms with E-state index in [2.05, 4.69) is 0 Å². The molecule has 0 aromatic rings. The van der Waals surface area contributed by atoms with Gasteiger partial charge in [-0.3, -0.25) is 9.69 Å². The molecule has 0 atom stereocenters. The van der Waals surface area contributed by atoms with Crippen LogP contribution in [0.15, 0.2) is 0 Å². The first-order valence-corrected chi connectivity index (χ1v) is 3.21. The summed E-state index contributed by atoms with van der Waals surface area (Å²) < 4.78 is 4.71. The molecule has 0 saturated carbocycles. The fraction of sp³-hybridized carbons (Fsp3) is 0.833. The Hall–Kier alpha value is -0.570. The van der Waals surface area contributed by atoms with E-state index in [-0.39, 0.29) is 5.97 Å². The Balaban J connectivity index is 2.02. The Morgan fingerprint density at radius 1 is 1.67 bits per heavy atom. The van der Waals surface area contributed by atoms with Gasteiger partial charge in [-0.1, -0.05) is 0 Å². The molecule has 3 heteroatoms. The molecule has 0 unspecified atom stereocenters. The lowest BCUT2D eigenvalue weighted by molar-refractivity contribution is -0.143. The Kier molecular flexibility index (Phi) is 2.05. The van der Waals surface area contributed by atoms with Crippen LogP contribution >= 0.6 is 0 Å². The lowest BCUT2D eigenvalue weighted by atomic mass is 10.6. The maximum absolute atomic E-state index is 10.6. The molecule has 1 fully saturated rings. The second kappa shape index (κ2) is 2.82. The van der Waals surface area contributed by atoms with Crippen molar-refractivity contribution in [1.29, 1.82) is 0 Å². The predicted octanol–water partition coefficient (Wildman–Crippen LogP) is -0.135. The maximum Gasteiger partial charge on any atom is 0.320 e. The minimum absolute atomic E-state index is 0.102. The van der Waals surface area contributed by atoms with Gasteiger partial charge in [-0.2, -0.15) is 0 Å². The van der Waals surface area contributed by atoms with Crippen LogP contribution in [0, 0.1) is 0 Å². The maximum atomic E-state index is 10.6. The van der Waals surface area contributed by atoms with Gasteiger partial charge in [0.15, 0.2) is 0 Å². The SMILES string of the molecule is CCOC(=O)CN1CC1. The minimum atomic E-state index is -0.102. The number of hydrogen-bond acceptors (Lipinski definition) is 3. The average Bonchev–Trinajstić information content (AvgIpc) is 2.50. The Morgan fingerprint density at radius 3 is 2.78 bits per heavy atom. The van der Waals surface area contributed by atoms with Gasteiger partial charge in [0.05, 0.1) is 13.2 Å². The van der Waals surface area contributed by atoms with Crippen molar-refractivity contribution >= 4 is 5.97 Å². The molecule has 0 aliphatic carbocycles. The molecule has 0 aromatic heterocycles. The fourth-order valence-electron chi connectivity index (χ4n) is 0.618. The van der Waals surface area contributed by atoms with Crippen LogP contribution in [0.1, 0.15) is 6.92 Å². The number of nitrogens with zero attached hydrogens (tertiary/aromatic N) is 1. The van der Waals surface area contributed by atoms with Gasteiger partial charge in [0.1, 0.15) is 0 Å². The molecule has 0 amide bonds. The van der Waals surface area contributed by atoms with Crippen LogP contribution in [0.3, 0.4) is 0 Å². The summed E-state index contributed by atoms with van der Waals surface area (Å²) in [5.74, 6) is -0.102. The third kappa shape index (κ3) is 2.46. The molecular weight excluding hydrogens is 118 g/mol. The van der Waals surface area contributed by atoms with E-state index in [9.17, 15) is 4.79 Å². The van der Waals surface area contributed by atoms with Crippen molar-refractivity contribution in [3.05, 3.63) is 0 Å². The first-order chi connectivity index (χ1) is 4.33. The van der Waals surface area contributed by atoms with E-state index < -0.39 is 0 Å². The molecule has 1 aliphatic heterocycles. The van der Waals surface area contributed by atoms with Crippen molar-refractivity contribution in [1.82, 2.24) is 4.90 Å². The van der Waals surface area contributed by atoms with Crippen LogP contribution in [0.5, 0.6) is 0 Å². The first kappa shape index (κ1) is 6.55. The normalized spacial score (nSPS) is 17.4. The number of ether oxygens (including phenoxy) is 1. The summed E-state index contributed by atoms with van der Waals surface area (Å²) in [4.78, 5) is 12.7. The third-order valence-electron chi connectivity index (χ3n) is 1.20. The third-order valence-corrected chi connectivity index (χ3v) is 1.20. The molecule has 9 heavy (non-hydrogen) atoms. The molecule has 0 bridgehead atoms. The van der Waals surface area contributed by atoms with Crippen LogP contribution in [0.4, 0.5) is 0 Å². The van der Waals surface area contributed by atoms with Gasteiger partial charge in [0.25, 0.3) is 0 Å². The second-order valence-corrected chi connectivity index (χ2v) is 2.08. The summed E-state index contributed by atoms with van der Waals surface area (Å²) in [5, 5.41) is 0. The zero-order valence-electron chi connectivity index (χ0n) is 5.59. The molecule has 0 spiro atoms. The zero-order chi connectivity index (χ0) is 6.69. The van der Waals surface area contributed by atoms with E-state index in [0.29, 0.717) is 13.2 Å². The molecule has 0 N–H and O–H groups in total.